The Labute approximate surface area is 155 Å². The predicted octanol–water partition coefficient (Wildman–Crippen LogP) is 3.82. The predicted molar refractivity (Wildman–Crippen MR) is 103 cm³/mol. The average Bonchev–Trinajstić information content (AvgIpc) is 3.22. The van der Waals surface area contributed by atoms with Crippen molar-refractivity contribution in [1.29, 1.82) is 0 Å². The van der Waals surface area contributed by atoms with Crippen molar-refractivity contribution in [3.05, 3.63) is 57.5 Å². The average molecular weight is 373 g/mol. The van der Waals surface area contributed by atoms with Crippen LogP contribution in [-0.2, 0) is 18.3 Å². The van der Waals surface area contributed by atoms with Crippen LogP contribution in [0.4, 0.5) is 5.69 Å². The van der Waals surface area contributed by atoms with Crippen molar-refractivity contribution >= 4 is 34.7 Å². The van der Waals surface area contributed by atoms with Crippen LogP contribution >= 0.6 is 23.1 Å². The molecule has 1 N–H and O–H groups in total. The van der Waals surface area contributed by atoms with Gasteiger partial charge in [-0.05, 0) is 42.5 Å². The summed E-state index contributed by atoms with van der Waals surface area (Å²) in [6.07, 6.45) is 0.760. The van der Waals surface area contributed by atoms with Crippen LogP contribution < -0.4 is 5.32 Å². The van der Waals surface area contributed by atoms with Gasteiger partial charge in [0, 0.05) is 24.0 Å². The molecule has 0 saturated carbocycles. The molecule has 0 radical (unpaired) electrons. The number of hydrogen-bond donors (Lipinski definition) is 1. The number of aryl methyl sites for hydroxylation is 1. The van der Waals surface area contributed by atoms with Gasteiger partial charge in [-0.1, -0.05) is 30.0 Å². The number of benzene rings is 1. The number of nitrogens with zero attached hydrogens (tertiary/aromatic N) is 3. The summed E-state index contributed by atoms with van der Waals surface area (Å²) >= 11 is 3.10. The largest absolute Gasteiger partial charge is 0.325 e. The molecule has 5 nitrogen and oxygen atoms in total. The van der Waals surface area contributed by atoms with Crippen LogP contribution in [0.5, 0.6) is 0 Å². The Balaban J connectivity index is 1.59. The zero-order valence-electron chi connectivity index (χ0n) is 14.4. The summed E-state index contributed by atoms with van der Waals surface area (Å²) in [6, 6.07) is 10.0. The lowest BCUT2D eigenvalue weighted by Gasteiger charge is -2.10. The maximum absolute atomic E-state index is 12.2. The number of carbonyl (C=O) groups excluding carboxylic acids is 1. The molecule has 0 aliphatic heterocycles. The van der Waals surface area contributed by atoms with E-state index in [9.17, 15) is 4.79 Å². The third kappa shape index (κ3) is 4.29. The standard InChI is InChI=1S/C18H20N4OS2/c1-12-6-4-8-15(13(12)2)19-17(23)11-25-18-21-20-16(22(18)3)10-14-7-5-9-24-14/h4-9H,10-11H2,1-3H3,(H,19,23). The Morgan fingerprint density at radius 1 is 1.24 bits per heavy atom. The topological polar surface area (TPSA) is 59.8 Å². The van der Waals surface area contributed by atoms with Crippen LogP contribution in [-0.4, -0.2) is 26.4 Å². The lowest BCUT2D eigenvalue weighted by atomic mass is 10.1. The SMILES string of the molecule is Cc1cccc(NC(=O)CSc2nnc(Cc3cccs3)n2C)c1C. The number of amides is 1. The van der Waals surface area contributed by atoms with Crippen LogP contribution in [0.1, 0.15) is 21.8 Å². The molecule has 0 atom stereocenters. The van der Waals surface area contributed by atoms with E-state index in [0.717, 1.165) is 34.2 Å². The van der Waals surface area contributed by atoms with E-state index >= 15 is 0 Å². The molecular formula is C18H20N4OS2. The van der Waals surface area contributed by atoms with Crippen LogP contribution in [0.3, 0.4) is 0 Å². The van der Waals surface area contributed by atoms with E-state index in [1.807, 2.05) is 49.7 Å². The summed E-state index contributed by atoms with van der Waals surface area (Å²) < 4.78 is 1.95. The van der Waals surface area contributed by atoms with E-state index in [1.54, 1.807) is 11.3 Å². The number of aromatic nitrogens is 3. The molecule has 0 unspecified atom stereocenters. The molecule has 0 aliphatic rings. The van der Waals surface area contributed by atoms with Crippen LogP contribution in [0.2, 0.25) is 0 Å². The second-order valence-electron chi connectivity index (χ2n) is 5.80. The fourth-order valence-corrected chi connectivity index (χ4v) is 3.83. The maximum atomic E-state index is 12.2. The molecule has 2 heterocycles. The monoisotopic (exact) mass is 372 g/mol. The van der Waals surface area contributed by atoms with Gasteiger partial charge in [0.25, 0.3) is 0 Å². The van der Waals surface area contributed by atoms with Crippen molar-refractivity contribution in [2.75, 3.05) is 11.1 Å². The van der Waals surface area contributed by atoms with Crippen LogP contribution in [0, 0.1) is 13.8 Å². The molecule has 1 aromatic carbocycles. The van der Waals surface area contributed by atoms with Gasteiger partial charge in [0.1, 0.15) is 5.82 Å². The number of carbonyl (C=O) groups is 1. The third-order valence-corrected chi connectivity index (χ3v) is 5.95. The molecule has 0 fully saturated rings. The van der Waals surface area contributed by atoms with Gasteiger partial charge in [0.15, 0.2) is 5.16 Å². The fourth-order valence-electron chi connectivity index (χ4n) is 2.40. The summed E-state index contributed by atoms with van der Waals surface area (Å²) in [5.74, 6) is 1.17. The molecule has 7 heteroatoms. The minimum absolute atomic E-state index is 0.0403. The van der Waals surface area contributed by atoms with Gasteiger partial charge in [0.2, 0.25) is 5.91 Å². The molecule has 0 aliphatic carbocycles. The highest BCUT2D eigenvalue weighted by Crippen LogP contribution is 2.21. The lowest BCUT2D eigenvalue weighted by molar-refractivity contribution is -0.113. The minimum Gasteiger partial charge on any atom is -0.325 e. The van der Waals surface area contributed by atoms with Crippen molar-refractivity contribution < 1.29 is 4.79 Å². The molecule has 0 spiro atoms. The smallest absolute Gasteiger partial charge is 0.234 e. The molecular weight excluding hydrogens is 352 g/mol. The molecule has 0 bridgehead atoms. The van der Waals surface area contributed by atoms with E-state index in [0.29, 0.717) is 5.75 Å². The van der Waals surface area contributed by atoms with Gasteiger partial charge in [-0.15, -0.1) is 21.5 Å². The number of rotatable bonds is 6. The second kappa shape index (κ2) is 7.84. The van der Waals surface area contributed by atoms with Gasteiger partial charge in [-0.3, -0.25) is 4.79 Å². The highest BCUT2D eigenvalue weighted by Gasteiger charge is 2.13. The fraction of sp³-hybridized carbons (Fsp3) is 0.278. The normalized spacial score (nSPS) is 10.8. The molecule has 2 aromatic heterocycles. The van der Waals surface area contributed by atoms with Gasteiger partial charge in [-0.2, -0.15) is 0 Å². The minimum atomic E-state index is -0.0403. The van der Waals surface area contributed by atoms with Crippen molar-refractivity contribution in [2.45, 2.75) is 25.4 Å². The van der Waals surface area contributed by atoms with E-state index in [4.69, 9.17) is 0 Å². The number of thiophene rings is 1. The first-order chi connectivity index (χ1) is 12.0. The molecule has 3 aromatic rings. The Bertz CT molecular complexity index is 871. The van der Waals surface area contributed by atoms with Gasteiger partial charge < -0.3 is 9.88 Å². The quantitative estimate of drug-likeness (QED) is 0.668. The molecule has 130 valence electrons. The summed E-state index contributed by atoms with van der Waals surface area (Å²) in [7, 11) is 1.94. The first-order valence-electron chi connectivity index (χ1n) is 7.94. The second-order valence-corrected chi connectivity index (χ2v) is 7.77. The highest BCUT2D eigenvalue weighted by molar-refractivity contribution is 7.99. The third-order valence-electron chi connectivity index (χ3n) is 4.05. The van der Waals surface area contributed by atoms with Gasteiger partial charge >= 0.3 is 0 Å². The first kappa shape index (κ1) is 17.7. The number of thioether (sulfide) groups is 1. The molecule has 1 amide bonds. The first-order valence-corrected chi connectivity index (χ1v) is 9.80. The zero-order valence-corrected chi connectivity index (χ0v) is 16.1. The summed E-state index contributed by atoms with van der Waals surface area (Å²) in [6.45, 7) is 4.05. The van der Waals surface area contributed by atoms with E-state index in [1.165, 1.54) is 16.6 Å². The molecule has 3 rings (SSSR count). The molecule has 25 heavy (non-hydrogen) atoms. The maximum Gasteiger partial charge on any atom is 0.234 e. The summed E-state index contributed by atoms with van der Waals surface area (Å²) in [5, 5.41) is 14.2. The van der Waals surface area contributed by atoms with E-state index < -0.39 is 0 Å². The number of hydrogen-bond acceptors (Lipinski definition) is 5. The Hall–Kier alpha value is -2.12. The number of nitrogens with one attached hydrogen (secondary N) is 1. The highest BCUT2D eigenvalue weighted by atomic mass is 32.2. The van der Waals surface area contributed by atoms with Crippen molar-refractivity contribution in [3.63, 3.8) is 0 Å². The van der Waals surface area contributed by atoms with Gasteiger partial charge in [-0.25, -0.2) is 0 Å². The van der Waals surface area contributed by atoms with Crippen molar-refractivity contribution in [3.8, 4) is 0 Å². The van der Waals surface area contributed by atoms with E-state index in [2.05, 4.69) is 27.0 Å². The van der Waals surface area contributed by atoms with Crippen LogP contribution in [0.25, 0.3) is 0 Å². The summed E-state index contributed by atoms with van der Waals surface area (Å²) in [4.78, 5) is 13.5. The van der Waals surface area contributed by atoms with E-state index in [-0.39, 0.29) is 5.91 Å². The number of anilines is 1. The van der Waals surface area contributed by atoms with Crippen LogP contribution in [0.15, 0.2) is 40.9 Å². The van der Waals surface area contributed by atoms with Crippen molar-refractivity contribution in [1.82, 2.24) is 14.8 Å². The zero-order chi connectivity index (χ0) is 17.8. The van der Waals surface area contributed by atoms with Crippen molar-refractivity contribution in [2.24, 2.45) is 7.05 Å². The lowest BCUT2D eigenvalue weighted by Crippen LogP contribution is -2.15. The van der Waals surface area contributed by atoms with Gasteiger partial charge in [0.05, 0.1) is 5.75 Å². The summed E-state index contributed by atoms with van der Waals surface area (Å²) in [5.41, 5.74) is 3.12. The Morgan fingerprint density at radius 2 is 2.08 bits per heavy atom. The Kier molecular flexibility index (Phi) is 5.55. The molecule has 0 saturated heterocycles. The Morgan fingerprint density at radius 3 is 2.84 bits per heavy atom.